The lowest BCUT2D eigenvalue weighted by atomic mass is 10.2. The van der Waals surface area contributed by atoms with Gasteiger partial charge in [-0.1, -0.05) is 6.07 Å². The van der Waals surface area contributed by atoms with E-state index in [2.05, 4.69) is 20.9 Å². The van der Waals surface area contributed by atoms with Crippen LogP contribution in [0.25, 0.3) is 10.9 Å². The van der Waals surface area contributed by atoms with Gasteiger partial charge in [0.15, 0.2) is 5.75 Å². The summed E-state index contributed by atoms with van der Waals surface area (Å²) in [4.78, 5) is 4.09. The Kier molecular flexibility index (Phi) is 1.73. The monoisotopic (exact) mass is 222 g/mol. The van der Waals surface area contributed by atoms with Gasteiger partial charge in [0.25, 0.3) is 0 Å². The van der Waals surface area contributed by atoms with Crippen LogP contribution in [0, 0.1) is 0 Å². The van der Waals surface area contributed by atoms with Crippen LogP contribution in [0.1, 0.15) is 0 Å². The zero-order valence-corrected chi connectivity index (χ0v) is 7.71. The van der Waals surface area contributed by atoms with E-state index in [0.29, 0.717) is 5.39 Å². The molecule has 2 nitrogen and oxygen atoms in total. The number of aromatic nitrogens is 1. The van der Waals surface area contributed by atoms with Crippen LogP contribution in [0.3, 0.4) is 0 Å². The van der Waals surface area contributed by atoms with Gasteiger partial charge >= 0.3 is 0 Å². The molecule has 0 amide bonds. The number of nitrogens with zero attached hydrogens (tertiary/aromatic N) is 1. The molecule has 0 saturated carbocycles. The minimum atomic E-state index is 0.0151. The Morgan fingerprint density at radius 3 is 2.83 bits per heavy atom. The van der Waals surface area contributed by atoms with E-state index in [9.17, 15) is 5.11 Å². The predicted molar refractivity (Wildman–Crippen MR) is 49.6 cm³/mol. The average Bonchev–Trinajstić information content (AvgIpc) is 2.07. The molecule has 2 aromatic rings. The first-order chi connectivity index (χ1) is 5.79. The zero-order chi connectivity index (χ0) is 8.55. The maximum atomic E-state index is 11.3. The maximum absolute atomic E-state index is 11.3. The Bertz CT molecular complexity index is 387. The Hall–Kier alpha value is -1.09. The predicted octanol–water partition coefficient (Wildman–Crippen LogP) is 3.14. The number of pyridine rings is 1. The van der Waals surface area contributed by atoms with E-state index in [1.807, 2.05) is 12.1 Å². The molecule has 12 heavy (non-hydrogen) atoms. The molecule has 59 valence electrons. The summed E-state index contributed by atoms with van der Waals surface area (Å²) < 4.78 is 0.859. The van der Waals surface area contributed by atoms with Crippen LogP contribution in [-0.2, 0) is 5.11 Å². The molecule has 2 rings (SSSR count). The SMILES string of the molecule is [O]c1ccnc2c(Br)cccc12. The first-order valence-corrected chi connectivity index (χ1v) is 4.28. The molecule has 1 aromatic carbocycles. The van der Waals surface area contributed by atoms with Gasteiger partial charge in [-0.3, -0.25) is 10.1 Å². The second-order valence-electron chi connectivity index (χ2n) is 2.45. The third kappa shape index (κ3) is 1.06. The molecule has 0 spiro atoms. The van der Waals surface area contributed by atoms with E-state index in [-0.39, 0.29) is 5.75 Å². The van der Waals surface area contributed by atoms with Crippen molar-refractivity contribution in [1.29, 1.82) is 0 Å². The van der Waals surface area contributed by atoms with Crippen molar-refractivity contribution in [2.45, 2.75) is 0 Å². The molecule has 1 aromatic heterocycles. The molecule has 0 saturated heterocycles. The molecule has 1 radical (unpaired) electrons. The van der Waals surface area contributed by atoms with Gasteiger partial charge in [0, 0.05) is 22.1 Å². The lowest BCUT2D eigenvalue weighted by molar-refractivity contribution is 0.360. The molecule has 0 fully saturated rings. The van der Waals surface area contributed by atoms with Gasteiger partial charge in [0.2, 0.25) is 0 Å². The number of hydrogen-bond donors (Lipinski definition) is 0. The molecular formula is C9H5BrNO. The summed E-state index contributed by atoms with van der Waals surface area (Å²) >= 11 is 3.33. The minimum Gasteiger partial charge on any atom is -0.289 e. The quantitative estimate of drug-likeness (QED) is 0.675. The highest BCUT2D eigenvalue weighted by atomic mass is 79.9. The van der Waals surface area contributed by atoms with E-state index in [0.717, 1.165) is 9.99 Å². The molecule has 0 aliphatic heterocycles. The van der Waals surface area contributed by atoms with E-state index in [1.54, 1.807) is 6.07 Å². The number of hydrogen-bond acceptors (Lipinski definition) is 1. The third-order valence-electron chi connectivity index (χ3n) is 1.68. The first kappa shape index (κ1) is 7.55. The summed E-state index contributed by atoms with van der Waals surface area (Å²) in [7, 11) is 0. The molecule has 0 unspecified atom stereocenters. The summed E-state index contributed by atoms with van der Waals surface area (Å²) in [6, 6.07) is 6.94. The van der Waals surface area contributed by atoms with E-state index >= 15 is 0 Å². The normalized spacial score (nSPS) is 10.4. The molecule has 0 aliphatic rings. The molecule has 3 heteroatoms. The van der Waals surface area contributed by atoms with Crippen molar-refractivity contribution in [2.24, 2.45) is 0 Å². The maximum Gasteiger partial charge on any atom is 0.189 e. The number of halogens is 1. The average molecular weight is 223 g/mol. The fourth-order valence-corrected chi connectivity index (χ4v) is 1.58. The van der Waals surface area contributed by atoms with Crippen LogP contribution in [0.15, 0.2) is 34.9 Å². The Labute approximate surface area is 78.0 Å². The van der Waals surface area contributed by atoms with Crippen molar-refractivity contribution in [1.82, 2.24) is 4.98 Å². The Balaban J connectivity index is 2.94. The molecule has 0 aliphatic carbocycles. The van der Waals surface area contributed by atoms with Crippen molar-refractivity contribution < 1.29 is 5.11 Å². The van der Waals surface area contributed by atoms with Gasteiger partial charge in [0.05, 0.1) is 5.52 Å². The highest BCUT2D eigenvalue weighted by Crippen LogP contribution is 2.27. The Morgan fingerprint density at radius 2 is 2.08 bits per heavy atom. The molecule has 0 atom stereocenters. The largest absolute Gasteiger partial charge is 0.289 e. The lowest BCUT2D eigenvalue weighted by Gasteiger charge is -1.98. The fourth-order valence-electron chi connectivity index (χ4n) is 1.11. The minimum absolute atomic E-state index is 0.0151. The zero-order valence-electron chi connectivity index (χ0n) is 6.12. The summed E-state index contributed by atoms with van der Waals surface area (Å²) in [5.74, 6) is 0.0151. The van der Waals surface area contributed by atoms with Crippen molar-refractivity contribution in [3.05, 3.63) is 34.9 Å². The van der Waals surface area contributed by atoms with E-state index < -0.39 is 0 Å². The molecule has 0 bridgehead atoms. The molecular weight excluding hydrogens is 218 g/mol. The van der Waals surface area contributed by atoms with Crippen LogP contribution >= 0.6 is 15.9 Å². The van der Waals surface area contributed by atoms with Gasteiger partial charge in [0.1, 0.15) is 0 Å². The summed E-state index contributed by atoms with van der Waals surface area (Å²) in [5, 5.41) is 11.9. The Morgan fingerprint density at radius 1 is 1.25 bits per heavy atom. The number of para-hydroxylation sites is 1. The highest BCUT2D eigenvalue weighted by Gasteiger charge is 2.03. The van der Waals surface area contributed by atoms with Crippen LogP contribution in [0.4, 0.5) is 0 Å². The van der Waals surface area contributed by atoms with Crippen LogP contribution in [0.5, 0.6) is 5.75 Å². The van der Waals surface area contributed by atoms with E-state index in [1.165, 1.54) is 12.3 Å². The van der Waals surface area contributed by atoms with Crippen LogP contribution in [0.2, 0.25) is 0 Å². The van der Waals surface area contributed by atoms with Crippen molar-refractivity contribution in [3.8, 4) is 5.75 Å². The number of rotatable bonds is 0. The standard InChI is InChI=1S/C9H5BrNO/c10-7-3-1-2-6-8(12)4-5-11-9(6)7/h1-5H. The number of benzene rings is 1. The van der Waals surface area contributed by atoms with Gasteiger partial charge in [-0.2, -0.15) is 0 Å². The summed E-state index contributed by atoms with van der Waals surface area (Å²) in [5.41, 5.74) is 0.727. The highest BCUT2D eigenvalue weighted by molar-refractivity contribution is 9.10. The van der Waals surface area contributed by atoms with E-state index in [4.69, 9.17) is 0 Å². The van der Waals surface area contributed by atoms with Crippen LogP contribution < -0.4 is 0 Å². The van der Waals surface area contributed by atoms with Gasteiger partial charge in [-0.25, -0.2) is 0 Å². The molecule has 0 N–H and O–H groups in total. The van der Waals surface area contributed by atoms with Crippen LogP contribution in [-0.4, -0.2) is 4.98 Å². The fraction of sp³-hybridized carbons (Fsp3) is 0. The van der Waals surface area contributed by atoms with Gasteiger partial charge < -0.3 is 0 Å². The van der Waals surface area contributed by atoms with Gasteiger partial charge in [-0.05, 0) is 28.1 Å². The summed E-state index contributed by atoms with van der Waals surface area (Å²) in [6.45, 7) is 0. The third-order valence-corrected chi connectivity index (χ3v) is 2.32. The second-order valence-corrected chi connectivity index (χ2v) is 3.30. The topological polar surface area (TPSA) is 32.8 Å². The second kappa shape index (κ2) is 2.75. The summed E-state index contributed by atoms with van der Waals surface area (Å²) in [6.07, 6.45) is 1.52. The van der Waals surface area contributed by atoms with Crippen molar-refractivity contribution in [2.75, 3.05) is 0 Å². The van der Waals surface area contributed by atoms with Gasteiger partial charge in [-0.15, -0.1) is 0 Å². The molecule has 1 heterocycles. The smallest absolute Gasteiger partial charge is 0.189 e. The van der Waals surface area contributed by atoms with Crippen molar-refractivity contribution in [3.63, 3.8) is 0 Å². The van der Waals surface area contributed by atoms with Crippen molar-refractivity contribution >= 4 is 26.8 Å². The lowest BCUT2D eigenvalue weighted by Crippen LogP contribution is -1.78. The first-order valence-electron chi connectivity index (χ1n) is 3.49. The number of fused-ring (bicyclic) bond motifs is 1.